The number of benzene rings is 1. The molecule has 1 aromatic carbocycles. The smallest absolute Gasteiger partial charge is 0.312 e. The third kappa shape index (κ3) is 4.86. The molecular formula is C27H32Cl2N2O5S. The lowest BCUT2D eigenvalue weighted by Gasteiger charge is -2.52. The van der Waals surface area contributed by atoms with Gasteiger partial charge in [-0.25, -0.2) is 8.42 Å². The molecule has 3 fully saturated rings. The average Bonchev–Trinajstić information content (AvgIpc) is 3.23. The maximum Gasteiger partial charge on any atom is 0.312 e. The predicted octanol–water partition coefficient (Wildman–Crippen LogP) is 4.91. The van der Waals surface area contributed by atoms with E-state index in [0.29, 0.717) is 53.4 Å². The van der Waals surface area contributed by atoms with Gasteiger partial charge in [0.25, 0.3) is 5.91 Å². The third-order valence-electron chi connectivity index (χ3n) is 8.16. The van der Waals surface area contributed by atoms with Gasteiger partial charge in [0.1, 0.15) is 0 Å². The molecule has 10 heteroatoms. The summed E-state index contributed by atoms with van der Waals surface area (Å²) in [6.07, 6.45) is 9.78. The zero-order valence-corrected chi connectivity index (χ0v) is 23.1. The molecule has 5 rings (SSSR count). The van der Waals surface area contributed by atoms with E-state index >= 15 is 0 Å². The van der Waals surface area contributed by atoms with E-state index < -0.39 is 28.0 Å². The summed E-state index contributed by atoms with van der Waals surface area (Å²) in [6, 6.07) is 3.66. The summed E-state index contributed by atoms with van der Waals surface area (Å²) in [5.74, 6) is -1.48. The molecule has 4 aliphatic rings. The highest BCUT2D eigenvalue weighted by Gasteiger charge is 2.54. The highest BCUT2D eigenvalue weighted by molar-refractivity contribution is 7.89. The fourth-order valence-corrected chi connectivity index (χ4v) is 8.96. The largest absolute Gasteiger partial charge is 0.466 e. The second-order valence-electron chi connectivity index (χ2n) is 10.2. The fraction of sp³-hybridized carbons (Fsp3) is 0.556. The number of amides is 1. The number of carbonyl (C=O) groups is 2. The second kappa shape index (κ2) is 10.7. The van der Waals surface area contributed by atoms with Crippen LogP contribution >= 0.6 is 23.2 Å². The van der Waals surface area contributed by atoms with Crippen molar-refractivity contribution in [3.63, 3.8) is 0 Å². The molecule has 7 nitrogen and oxygen atoms in total. The van der Waals surface area contributed by atoms with Crippen molar-refractivity contribution in [1.29, 1.82) is 0 Å². The SMILES string of the molecule is CCOC(=O)C1C2CC=CC=C2C(=O)N(C2CCCCC2N2CCCS2(=O)=O)C1c1ccc(Cl)cc1Cl. The molecule has 37 heavy (non-hydrogen) atoms. The van der Waals surface area contributed by atoms with Crippen LogP contribution in [0, 0.1) is 11.8 Å². The van der Waals surface area contributed by atoms with Crippen LogP contribution in [0.3, 0.4) is 0 Å². The first kappa shape index (κ1) is 26.7. The van der Waals surface area contributed by atoms with Gasteiger partial charge in [-0.1, -0.05) is 60.3 Å². The van der Waals surface area contributed by atoms with Crippen molar-refractivity contribution in [2.24, 2.45) is 11.8 Å². The van der Waals surface area contributed by atoms with Crippen LogP contribution in [0.25, 0.3) is 0 Å². The van der Waals surface area contributed by atoms with Crippen LogP contribution in [0.5, 0.6) is 0 Å². The van der Waals surface area contributed by atoms with Crippen molar-refractivity contribution in [3.05, 3.63) is 57.6 Å². The van der Waals surface area contributed by atoms with Gasteiger partial charge in [-0.3, -0.25) is 9.59 Å². The molecule has 0 spiro atoms. The van der Waals surface area contributed by atoms with E-state index in [1.165, 1.54) is 0 Å². The molecule has 2 saturated heterocycles. The molecule has 1 saturated carbocycles. The Morgan fingerprint density at radius 3 is 2.57 bits per heavy atom. The van der Waals surface area contributed by atoms with E-state index in [0.717, 1.165) is 12.8 Å². The van der Waals surface area contributed by atoms with Gasteiger partial charge in [0, 0.05) is 40.2 Å². The number of piperidine rings is 1. The first-order valence-electron chi connectivity index (χ1n) is 13.0. The number of ether oxygens (including phenoxy) is 1. The standard InChI is InChI=1S/C27H32Cl2N2O5S/c1-2-36-27(33)24-18-8-3-4-9-19(18)26(32)31(25(24)20-13-12-17(28)16-21(20)29)23-11-6-5-10-22(23)30-14-7-15-37(30,34)35/h3-4,9,12-13,16,18,22-25H,2,5-8,10-11,14-15H2,1H3. The minimum Gasteiger partial charge on any atom is -0.466 e. The summed E-state index contributed by atoms with van der Waals surface area (Å²) in [7, 11) is -3.40. The number of fused-ring (bicyclic) bond motifs is 1. The Balaban J connectivity index is 1.68. The van der Waals surface area contributed by atoms with Gasteiger partial charge in [-0.15, -0.1) is 0 Å². The number of hydrogen-bond donors (Lipinski definition) is 0. The number of esters is 1. The maximum absolute atomic E-state index is 14.3. The number of carbonyl (C=O) groups excluding carboxylic acids is 2. The van der Waals surface area contributed by atoms with Crippen LogP contribution in [-0.2, 0) is 24.3 Å². The van der Waals surface area contributed by atoms with E-state index in [4.69, 9.17) is 27.9 Å². The Bertz CT molecular complexity index is 1250. The second-order valence-corrected chi connectivity index (χ2v) is 13.1. The Morgan fingerprint density at radius 2 is 1.89 bits per heavy atom. The van der Waals surface area contributed by atoms with Gasteiger partial charge in [0.15, 0.2) is 0 Å². The number of sulfonamides is 1. The molecule has 1 aromatic rings. The monoisotopic (exact) mass is 566 g/mol. The molecule has 0 bridgehead atoms. The van der Waals surface area contributed by atoms with E-state index in [-0.39, 0.29) is 36.2 Å². The molecule has 5 unspecified atom stereocenters. The lowest BCUT2D eigenvalue weighted by atomic mass is 9.69. The highest BCUT2D eigenvalue weighted by Crippen LogP contribution is 2.50. The van der Waals surface area contributed by atoms with Crippen molar-refractivity contribution < 1.29 is 22.7 Å². The van der Waals surface area contributed by atoms with Crippen molar-refractivity contribution in [3.8, 4) is 0 Å². The average molecular weight is 568 g/mol. The zero-order valence-electron chi connectivity index (χ0n) is 20.8. The molecule has 2 aliphatic heterocycles. The molecule has 2 heterocycles. The van der Waals surface area contributed by atoms with Crippen molar-refractivity contribution >= 4 is 45.1 Å². The molecule has 0 radical (unpaired) electrons. The fourth-order valence-electron chi connectivity index (χ4n) is 6.64. The highest BCUT2D eigenvalue weighted by atomic mass is 35.5. The van der Waals surface area contributed by atoms with E-state index in [1.54, 1.807) is 40.4 Å². The lowest BCUT2D eigenvalue weighted by molar-refractivity contribution is -0.160. The van der Waals surface area contributed by atoms with Gasteiger partial charge in [-0.05, 0) is 50.3 Å². The Morgan fingerprint density at radius 1 is 1.14 bits per heavy atom. The normalized spacial score (nSPS) is 31.6. The number of nitrogens with zero attached hydrogens (tertiary/aromatic N) is 2. The maximum atomic E-state index is 14.3. The Labute approximate surface area is 228 Å². The van der Waals surface area contributed by atoms with Crippen LogP contribution < -0.4 is 0 Å². The number of halogens is 2. The van der Waals surface area contributed by atoms with Gasteiger partial charge >= 0.3 is 5.97 Å². The zero-order chi connectivity index (χ0) is 26.3. The van der Waals surface area contributed by atoms with Crippen LogP contribution in [0.2, 0.25) is 10.0 Å². The quantitative estimate of drug-likeness (QED) is 0.473. The Kier molecular flexibility index (Phi) is 7.74. The lowest BCUT2D eigenvalue weighted by Crippen LogP contribution is -2.61. The predicted molar refractivity (Wildman–Crippen MR) is 143 cm³/mol. The summed E-state index contributed by atoms with van der Waals surface area (Å²) >= 11 is 13.0. The Hall–Kier alpha value is -1.87. The van der Waals surface area contributed by atoms with Crippen LogP contribution in [-0.4, -0.2) is 60.5 Å². The summed E-state index contributed by atoms with van der Waals surface area (Å²) in [4.78, 5) is 29.7. The van der Waals surface area contributed by atoms with E-state index in [2.05, 4.69) is 0 Å². The molecular weight excluding hydrogens is 535 g/mol. The van der Waals surface area contributed by atoms with Crippen LogP contribution in [0.4, 0.5) is 0 Å². The summed E-state index contributed by atoms with van der Waals surface area (Å²) in [6.45, 7) is 2.43. The van der Waals surface area contributed by atoms with Crippen molar-refractivity contribution in [1.82, 2.24) is 9.21 Å². The first-order chi connectivity index (χ1) is 17.7. The summed E-state index contributed by atoms with van der Waals surface area (Å²) < 4.78 is 33.2. The molecule has 200 valence electrons. The van der Waals surface area contributed by atoms with Gasteiger partial charge in [0.2, 0.25) is 10.0 Å². The minimum absolute atomic E-state index is 0.125. The molecule has 0 N–H and O–H groups in total. The number of hydrogen-bond acceptors (Lipinski definition) is 5. The molecule has 5 atom stereocenters. The van der Waals surface area contributed by atoms with Crippen LogP contribution in [0.15, 0.2) is 42.0 Å². The number of likely N-dealkylation sites (tertiary alicyclic amines) is 1. The molecule has 0 aromatic heterocycles. The molecule has 2 aliphatic carbocycles. The van der Waals surface area contributed by atoms with Crippen LogP contribution in [0.1, 0.15) is 57.1 Å². The van der Waals surface area contributed by atoms with E-state index in [1.807, 2.05) is 12.2 Å². The van der Waals surface area contributed by atoms with Crippen molar-refractivity contribution in [2.45, 2.75) is 63.6 Å². The van der Waals surface area contributed by atoms with Gasteiger partial charge in [-0.2, -0.15) is 4.31 Å². The topological polar surface area (TPSA) is 84.0 Å². The third-order valence-corrected chi connectivity index (χ3v) is 10.7. The first-order valence-corrected chi connectivity index (χ1v) is 15.4. The summed E-state index contributed by atoms with van der Waals surface area (Å²) in [5.41, 5.74) is 1.19. The summed E-state index contributed by atoms with van der Waals surface area (Å²) in [5, 5.41) is 0.819. The van der Waals surface area contributed by atoms with Gasteiger partial charge in [0.05, 0.1) is 24.3 Å². The number of allylic oxidation sites excluding steroid dienone is 3. The minimum atomic E-state index is -3.40. The van der Waals surface area contributed by atoms with E-state index in [9.17, 15) is 18.0 Å². The molecule has 1 amide bonds. The number of rotatable bonds is 5. The van der Waals surface area contributed by atoms with Crippen molar-refractivity contribution in [2.75, 3.05) is 18.9 Å². The van der Waals surface area contributed by atoms with Gasteiger partial charge < -0.3 is 9.64 Å².